The Hall–Kier alpha value is -2.04. The van der Waals surface area contributed by atoms with Gasteiger partial charge in [0.05, 0.1) is 20.4 Å². The summed E-state index contributed by atoms with van der Waals surface area (Å²) >= 11 is 0. The van der Waals surface area contributed by atoms with Crippen molar-refractivity contribution in [1.82, 2.24) is 5.43 Å². The zero-order valence-corrected chi connectivity index (χ0v) is 19.4. The average molecular weight is 419 g/mol. The van der Waals surface area contributed by atoms with E-state index in [1.54, 1.807) is 20.4 Å². The number of hydrazone groups is 1. The van der Waals surface area contributed by atoms with E-state index in [0.29, 0.717) is 17.9 Å². The Labute approximate surface area is 183 Å². The number of benzene rings is 1. The Balaban J connectivity index is 2.03. The van der Waals surface area contributed by atoms with Crippen LogP contribution in [-0.2, 0) is 4.79 Å². The first-order chi connectivity index (χ1) is 14.7. The van der Waals surface area contributed by atoms with E-state index in [0.717, 1.165) is 18.4 Å². The first kappa shape index (κ1) is 26.0. The van der Waals surface area contributed by atoms with Crippen LogP contribution in [0.15, 0.2) is 23.3 Å². The topological polar surface area (TPSA) is 59.9 Å². The molecule has 0 aromatic heterocycles. The molecule has 0 bridgehead atoms. The molecule has 30 heavy (non-hydrogen) atoms. The molecule has 0 aliphatic heterocycles. The maximum Gasteiger partial charge on any atom is 0.240 e. The van der Waals surface area contributed by atoms with E-state index >= 15 is 0 Å². The second-order valence-corrected chi connectivity index (χ2v) is 7.87. The van der Waals surface area contributed by atoms with Gasteiger partial charge in [-0.15, -0.1) is 0 Å². The summed E-state index contributed by atoms with van der Waals surface area (Å²) in [5, 5.41) is 4.05. The maximum absolute atomic E-state index is 11.9. The number of hydrogen-bond acceptors (Lipinski definition) is 4. The lowest BCUT2D eigenvalue weighted by Gasteiger charge is -2.09. The number of nitrogens with one attached hydrogen (secondary N) is 1. The van der Waals surface area contributed by atoms with E-state index in [1.807, 2.05) is 18.2 Å². The highest BCUT2D eigenvalue weighted by molar-refractivity contribution is 5.86. The first-order valence-corrected chi connectivity index (χ1v) is 11.8. The van der Waals surface area contributed by atoms with Crippen LogP contribution >= 0.6 is 0 Å². The van der Waals surface area contributed by atoms with Crippen molar-refractivity contribution >= 4 is 12.1 Å². The highest BCUT2D eigenvalue weighted by Crippen LogP contribution is 2.29. The molecule has 1 aromatic rings. The minimum atomic E-state index is -0.0452. The summed E-state index contributed by atoms with van der Waals surface area (Å²) in [6.45, 7) is 2.27. The summed E-state index contributed by atoms with van der Waals surface area (Å²) in [7, 11) is 3.18. The van der Waals surface area contributed by atoms with Crippen LogP contribution in [0.5, 0.6) is 11.5 Å². The highest BCUT2D eigenvalue weighted by atomic mass is 16.5. The van der Waals surface area contributed by atoms with Crippen molar-refractivity contribution < 1.29 is 14.3 Å². The van der Waals surface area contributed by atoms with Crippen LogP contribution in [-0.4, -0.2) is 26.3 Å². The van der Waals surface area contributed by atoms with E-state index in [4.69, 9.17) is 9.47 Å². The van der Waals surface area contributed by atoms with Crippen molar-refractivity contribution in [2.24, 2.45) is 5.10 Å². The predicted molar refractivity (Wildman–Crippen MR) is 126 cm³/mol. The first-order valence-electron chi connectivity index (χ1n) is 11.8. The monoisotopic (exact) mass is 418 g/mol. The van der Waals surface area contributed by atoms with Crippen LogP contribution in [0, 0.1) is 0 Å². The number of hydrogen-bond donors (Lipinski definition) is 1. The van der Waals surface area contributed by atoms with E-state index in [2.05, 4.69) is 17.5 Å². The van der Waals surface area contributed by atoms with Crippen molar-refractivity contribution in [3.8, 4) is 11.5 Å². The SMILES string of the molecule is CCCCCCCCCCCCCCCC(=O)N/N=C/c1cccc(OC)c1OC. The molecule has 0 aliphatic rings. The molecule has 5 nitrogen and oxygen atoms in total. The number of ether oxygens (including phenoxy) is 2. The van der Waals surface area contributed by atoms with Gasteiger partial charge in [0, 0.05) is 12.0 Å². The highest BCUT2D eigenvalue weighted by Gasteiger charge is 2.07. The van der Waals surface area contributed by atoms with Crippen LogP contribution in [0.25, 0.3) is 0 Å². The molecule has 0 fully saturated rings. The number of unbranched alkanes of at least 4 members (excludes halogenated alkanes) is 12. The molecule has 0 atom stereocenters. The van der Waals surface area contributed by atoms with Crippen molar-refractivity contribution in [1.29, 1.82) is 0 Å². The smallest absolute Gasteiger partial charge is 0.240 e. The summed E-state index contributed by atoms with van der Waals surface area (Å²) in [5.41, 5.74) is 3.36. The number of methoxy groups -OCH3 is 2. The molecule has 0 aliphatic carbocycles. The van der Waals surface area contributed by atoms with Gasteiger partial charge in [-0.25, -0.2) is 5.43 Å². The van der Waals surface area contributed by atoms with Gasteiger partial charge in [0.25, 0.3) is 0 Å². The number of nitrogens with zero attached hydrogens (tertiary/aromatic N) is 1. The molecule has 0 unspecified atom stereocenters. The lowest BCUT2D eigenvalue weighted by molar-refractivity contribution is -0.121. The van der Waals surface area contributed by atoms with Gasteiger partial charge in [0.2, 0.25) is 5.91 Å². The molecule has 1 rings (SSSR count). The lowest BCUT2D eigenvalue weighted by atomic mass is 10.0. The lowest BCUT2D eigenvalue weighted by Crippen LogP contribution is -2.17. The minimum absolute atomic E-state index is 0.0452. The van der Waals surface area contributed by atoms with Gasteiger partial charge in [-0.2, -0.15) is 5.10 Å². The molecule has 0 radical (unpaired) electrons. The second kappa shape index (κ2) is 17.8. The quantitative estimate of drug-likeness (QED) is 0.165. The Morgan fingerprint density at radius 1 is 0.867 bits per heavy atom. The van der Waals surface area contributed by atoms with Crippen molar-refractivity contribution in [3.63, 3.8) is 0 Å². The average Bonchev–Trinajstić information content (AvgIpc) is 2.76. The van der Waals surface area contributed by atoms with E-state index in [9.17, 15) is 4.79 Å². The summed E-state index contributed by atoms with van der Waals surface area (Å²) in [4.78, 5) is 11.9. The Morgan fingerprint density at radius 3 is 1.97 bits per heavy atom. The molecule has 0 spiro atoms. The van der Waals surface area contributed by atoms with Crippen LogP contribution in [0.1, 0.15) is 102 Å². The van der Waals surface area contributed by atoms with Crippen LogP contribution in [0.2, 0.25) is 0 Å². The zero-order valence-electron chi connectivity index (χ0n) is 19.4. The van der Waals surface area contributed by atoms with E-state index in [1.165, 1.54) is 70.6 Å². The third kappa shape index (κ3) is 11.8. The zero-order chi connectivity index (χ0) is 21.9. The van der Waals surface area contributed by atoms with Gasteiger partial charge in [0.1, 0.15) is 0 Å². The van der Waals surface area contributed by atoms with Gasteiger partial charge < -0.3 is 9.47 Å². The third-order valence-electron chi connectivity index (χ3n) is 5.33. The second-order valence-electron chi connectivity index (χ2n) is 7.87. The van der Waals surface area contributed by atoms with Gasteiger partial charge in [0.15, 0.2) is 11.5 Å². The molecule has 170 valence electrons. The normalized spacial score (nSPS) is 11.0. The van der Waals surface area contributed by atoms with Crippen molar-refractivity contribution in [2.75, 3.05) is 14.2 Å². The minimum Gasteiger partial charge on any atom is -0.493 e. The molecule has 0 saturated heterocycles. The maximum atomic E-state index is 11.9. The fourth-order valence-corrected chi connectivity index (χ4v) is 3.55. The standard InChI is InChI=1S/C25H42N2O3/c1-4-5-6-7-8-9-10-11-12-13-14-15-16-20-24(28)27-26-21-22-18-17-19-23(29-2)25(22)30-3/h17-19,21H,4-16,20H2,1-3H3,(H,27,28)/b26-21+. The molecule has 0 saturated carbocycles. The Bertz CT molecular complexity index is 602. The van der Waals surface area contributed by atoms with Gasteiger partial charge >= 0.3 is 0 Å². The number of amides is 1. The fourth-order valence-electron chi connectivity index (χ4n) is 3.55. The summed E-state index contributed by atoms with van der Waals surface area (Å²) < 4.78 is 10.6. The van der Waals surface area contributed by atoms with E-state index < -0.39 is 0 Å². The van der Waals surface area contributed by atoms with Gasteiger partial charge in [-0.1, -0.05) is 90.0 Å². The van der Waals surface area contributed by atoms with Crippen LogP contribution in [0.4, 0.5) is 0 Å². The van der Waals surface area contributed by atoms with Gasteiger partial charge in [-0.05, 0) is 18.6 Å². The predicted octanol–water partition coefficient (Wildman–Crippen LogP) is 6.64. The molecule has 1 amide bonds. The fraction of sp³-hybridized carbons (Fsp3) is 0.680. The molecule has 1 N–H and O–H groups in total. The molecule has 1 aromatic carbocycles. The number of carbonyl (C=O) groups is 1. The number of para-hydroxylation sites is 1. The molecular formula is C25H42N2O3. The number of rotatable bonds is 18. The van der Waals surface area contributed by atoms with Gasteiger partial charge in [-0.3, -0.25) is 4.79 Å². The number of carbonyl (C=O) groups excluding carboxylic acids is 1. The summed E-state index contributed by atoms with van der Waals surface area (Å²) in [6, 6.07) is 5.55. The largest absolute Gasteiger partial charge is 0.493 e. The summed E-state index contributed by atoms with van der Waals surface area (Å²) in [5.74, 6) is 1.20. The molecule has 0 heterocycles. The van der Waals surface area contributed by atoms with Crippen LogP contribution < -0.4 is 14.9 Å². The molecule has 5 heteroatoms. The Morgan fingerprint density at radius 2 is 1.43 bits per heavy atom. The third-order valence-corrected chi connectivity index (χ3v) is 5.33. The Kier molecular flexibility index (Phi) is 15.4. The summed E-state index contributed by atoms with van der Waals surface area (Å²) in [6.07, 6.45) is 19.0. The van der Waals surface area contributed by atoms with E-state index in [-0.39, 0.29) is 5.91 Å². The van der Waals surface area contributed by atoms with Crippen LogP contribution in [0.3, 0.4) is 0 Å². The van der Waals surface area contributed by atoms with Crippen molar-refractivity contribution in [2.45, 2.75) is 96.8 Å². The molecular weight excluding hydrogens is 376 g/mol. The van der Waals surface area contributed by atoms with Crippen molar-refractivity contribution in [3.05, 3.63) is 23.8 Å².